The van der Waals surface area contributed by atoms with E-state index >= 15 is 0 Å². The average molecular weight is 316 g/mol. The van der Waals surface area contributed by atoms with E-state index in [0.717, 1.165) is 24.3 Å². The zero-order valence-electron chi connectivity index (χ0n) is 12.4. The SMILES string of the molecule is CNCc1ccc(S(=O)(=O)N2CCC(C(C)C)CC2)s1. The molecular formula is C14H24N2O2S2. The van der Waals surface area contributed by atoms with Gasteiger partial charge in [0, 0.05) is 24.5 Å². The standard InChI is InChI=1S/C14H24N2O2S2/c1-11(2)12-6-8-16(9-7-12)20(17,18)14-5-4-13(19-14)10-15-3/h4-5,11-12,15H,6-10H2,1-3H3. The number of rotatable bonds is 5. The van der Waals surface area contributed by atoms with Crippen LogP contribution in [-0.2, 0) is 16.6 Å². The molecule has 1 N–H and O–H groups in total. The van der Waals surface area contributed by atoms with Gasteiger partial charge >= 0.3 is 0 Å². The van der Waals surface area contributed by atoms with Crippen molar-refractivity contribution in [2.75, 3.05) is 20.1 Å². The number of thiophene rings is 1. The second-order valence-electron chi connectivity index (χ2n) is 5.74. The van der Waals surface area contributed by atoms with E-state index in [9.17, 15) is 8.42 Å². The number of nitrogens with zero attached hydrogens (tertiary/aromatic N) is 1. The smallest absolute Gasteiger partial charge is 0.252 e. The van der Waals surface area contributed by atoms with Crippen molar-refractivity contribution in [1.29, 1.82) is 0 Å². The number of piperidine rings is 1. The number of nitrogens with one attached hydrogen (secondary N) is 1. The fraction of sp³-hybridized carbons (Fsp3) is 0.714. The molecule has 0 saturated carbocycles. The van der Waals surface area contributed by atoms with Gasteiger partial charge in [0.15, 0.2) is 0 Å². The second-order valence-corrected chi connectivity index (χ2v) is 9.07. The van der Waals surface area contributed by atoms with Crippen LogP contribution in [0.3, 0.4) is 0 Å². The highest BCUT2D eigenvalue weighted by atomic mass is 32.2. The van der Waals surface area contributed by atoms with Crippen LogP contribution in [0.1, 0.15) is 31.6 Å². The van der Waals surface area contributed by atoms with Crippen LogP contribution >= 0.6 is 11.3 Å². The van der Waals surface area contributed by atoms with Crippen molar-refractivity contribution < 1.29 is 8.42 Å². The summed E-state index contributed by atoms with van der Waals surface area (Å²) in [6, 6.07) is 3.64. The molecule has 114 valence electrons. The van der Waals surface area contributed by atoms with Gasteiger partial charge in [-0.05, 0) is 43.9 Å². The lowest BCUT2D eigenvalue weighted by Crippen LogP contribution is -2.39. The molecule has 1 aliphatic rings. The van der Waals surface area contributed by atoms with Crippen LogP contribution < -0.4 is 5.32 Å². The minimum absolute atomic E-state index is 0.478. The molecule has 2 heterocycles. The summed E-state index contributed by atoms with van der Waals surface area (Å²) in [6.45, 7) is 6.47. The predicted molar refractivity (Wildman–Crippen MR) is 83.4 cm³/mol. The predicted octanol–water partition coefficient (Wildman–Crippen LogP) is 2.52. The second kappa shape index (κ2) is 6.56. The molecule has 0 unspecified atom stereocenters. The minimum atomic E-state index is -3.28. The van der Waals surface area contributed by atoms with Crippen molar-refractivity contribution in [2.24, 2.45) is 11.8 Å². The Balaban J connectivity index is 2.07. The third-order valence-corrected chi connectivity index (χ3v) is 7.47. The quantitative estimate of drug-likeness (QED) is 0.908. The van der Waals surface area contributed by atoms with Gasteiger partial charge in [0.25, 0.3) is 10.0 Å². The first-order valence-corrected chi connectivity index (χ1v) is 9.44. The molecule has 0 aromatic carbocycles. The summed E-state index contributed by atoms with van der Waals surface area (Å²) in [4.78, 5) is 1.06. The first kappa shape index (κ1) is 15.9. The Bertz CT molecular complexity index is 529. The third-order valence-electron chi connectivity index (χ3n) is 4.02. The molecule has 0 radical (unpaired) electrons. The van der Waals surface area contributed by atoms with Gasteiger partial charge in [-0.2, -0.15) is 4.31 Å². The van der Waals surface area contributed by atoms with Crippen LogP contribution in [0.4, 0.5) is 0 Å². The van der Waals surface area contributed by atoms with Gasteiger partial charge in [-0.1, -0.05) is 13.8 Å². The largest absolute Gasteiger partial charge is 0.315 e. The molecule has 6 heteroatoms. The number of sulfonamides is 1. The van der Waals surface area contributed by atoms with E-state index in [1.807, 2.05) is 13.1 Å². The van der Waals surface area contributed by atoms with Crippen LogP contribution in [0.5, 0.6) is 0 Å². The molecule has 0 bridgehead atoms. The van der Waals surface area contributed by atoms with E-state index in [2.05, 4.69) is 19.2 Å². The summed E-state index contributed by atoms with van der Waals surface area (Å²) in [5, 5.41) is 3.05. The fourth-order valence-electron chi connectivity index (χ4n) is 2.68. The van der Waals surface area contributed by atoms with E-state index in [-0.39, 0.29) is 0 Å². The summed E-state index contributed by atoms with van der Waals surface area (Å²) in [5.41, 5.74) is 0. The number of hydrogen-bond acceptors (Lipinski definition) is 4. The lowest BCUT2D eigenvalue weighted by atomic mass is 9.87. The number of hydrogen-bond donors (Lipinski definition) is 1. The van der Waals surface area contributed by atoms with Crippen molar-refractivity contribution in [3.05, 3.63) is 17.0 Å². The van der Waals surface area contributed by atoms with Gasteiger partial charge < -0.3 is 5.32 Å². The molecule has 1 fully saturated rings. The highest BCUT2D eigenvalue weighted by Gasteiger charge is 2.31. The van der Waals surface area contributed by atoms with Crippen molar-refractivity contribution in [2.45, 2.75) is 37.4 Å². The van der Waals surface area contributed by atoms with Crippen molar-refractivity contribution in [3.63, 3.8) is 0 Å². The zero-order chi connectivity index (χ0) is 14.8. The zero-order valence-corrected chi connectivity index (χ0v) is 14.1. The molecule has 0 aliphatic carbocycles. The highest BCUT2D eigenvalue weighted by Crippen LogP contribution is 2.30. The van der Waals surface area contributed by atoms with Gasteiger partial charge in [-0.15, -0.1) is 11.3 Å². The van der Waals surface area contributed by atoms with Crippen molar-refractivity contribution in [3.8, 4) is 0 Å². The van der Waals surface area contributed by atoms with Crippen molar-refractivity contribution in [1.82, 2.24) is 9.62 Å². The van der Waals surface area contributed by atoms with Crippen LogP contribution in [0, 0.1) is 11.8 Å². The Labute approximate surface area is 126 Å². The molecular weight excluding hydrogens is 292 g/mol. The first-order chi connectivity index (χ1) is 9.45. The molecule has 1 aromatic heterocycles. The molecule has 0 atom stereocenters. The molecule has 2 rings (SSSR count). The first-order valence-electron chi connectivity index (χ1n) is 7.18. The molecule has 1 aliphatic heterocycles. The summed E-state index contributed by atoms with van der Waals surface area (Å²) in [6.07, 6.45) is 1.96. The minimum Gasteiger partial charge on any atom is -0.315 e. The van der Waals surface area contributed by atoms with E-state index in [1.165, 1.54) is 11.3 Å². The van der Waals surface area contributed by atoms with E-state index in [0.29, 0.717) is 29.1 Å². The molecule has 0 spiro atoms. The summed E-state index contributed by atoms with van der Waals surface area (Å²) in [5.74, 6) is 1.30. The summed E-state index contributed by atoms with van der Waals surface area (Å²) < 4.78 is 27.3. The lowest BCUT2D eigenvalue weighted by Gasteiger charge is -2.32. The summed E-state index contributed by atoms with van der Waals surface area (Å²) in [7, 11) is -1.42. The van der Waals surface area contributed by atoms with Crippen LogP contribution in [0.25, 0.3) is 0 Å². The molecule has 4 nitrogen and oxygen atoms in total. The fourth-order valence-corrected chi connectivity index (χ4v) is 5.67. The van der Waals surface area contributed by atoms with E-state index in [1.54, 1.807) is 10.4 Å². The van der Waals surface area contributed by atoms with Crippen LogP contribution in [0.15, 0.2) is 16.3 Å². The molecule has 1 aromatic rings. The van der Waals surface area contributed by atoms with Gasteiger partial charge in [0.1, 0.15) is 4.21 Å². The maximum atomic E-state index is 12.6. The highest BCUT2D eigenvalue weighted by molar-refractivity contribution is 7.91. The molecule has 0 amide bonds. The molecule has 20 heavy (non-hydrogen) atoms. The monoisotopic (exact) mass is 316 g/mol. The third kappa shape index (κ3) is 3.42. The van der Waals surface area contributed by atoms with E-state index < -0.39 is 10.0 Å². The Hall–Kier alpha value is -0.430. The Morgan fingerprint density at radius 3 is 2.55 bits per heavy atom. The van der Waals surface area contributed by atoms with E-state index in [4.69, 9.17) is 0 Å². The lowest BCUT2D eigenvalue weighted by molar-refractivity contribution is 0.227. The molecule has 1 saturated heterocycles. The Morgan fingerprint density at radius 1 is 1.35 bits per heavy atom. The summed E-state index contributed by atoms with van der Waals surface area (Å²) >= 11 is 1.37. The van der Waals surface area contributed by atoms with Crippen LogP contribution in [-0.4, -0.2) is 32.9 Å². The average Bonchev–Trinajstić information content (AvgIpc) is 2.88. The normalized spacial score (nSPS) is 18.8. The van der Waals surface area contributed by atoms with Gasteiger partial charge in [-0.25, -0.2) is 8.42 Å². The maximum Gasteiger partial charge on any atom is 0.252 e. The Kier molecular flexibility index (Phi) is 5.23. The van der Waals surface area contributed by atoms with Gasteiger partial charge in [0.2, 0.25) is 0 Å². The Morgan fingerprint density at radius 2 is 2.00 bits per heavy atom. The maximum absolute atomic E-state index is 12.6. The topological polar surface area (TPSA) is 49.4 Å². The van der Waals surface area contributed by atoms with Gasteiger partial charge in [-0.3, -0.25) is 0 Å². The van der Waals surface area contributed by atoms with Crippen LogP contribution in [0.2, 0.25) is 0 Å². The van der Waals surface area contributed by atoms with Gasteiger partial charge in [0.05, 0.1) is 0 Å². The van der Waals surface area contributed by atoms with Crippen molar-refractivity contribution >= 4 is 21.4 Å².